The zero-order valence-corrected chi connectivity index (χ0v) is 37.5. The fourth-order valence-electron chi connectivity index (χ4n) is 9.36. The van der Waals surface area contributed by atoms with Crippen LogP contribution < -0.4 is 15.5 Å². The number of rotatable bonds is 16. The third kappa shape index (κ3) is 10.3. The van der Waals surface area contributed by atoms with Gasteiger partial charge in [0.2, 0.25) is 11.6 Å². The lowest BCUT2D eigenvalue weighted by Gasteiger charge is -2.28. The maximum atomic E-state index is 12.9. The molecule has 0 radical (unpaired) electrons. The largest absolute Gasteiger partial charge is 0.379 e. The van der Waals surface area contributed by atoms with Gasteiger partial charge in [0.05, 0.1) is 30.9 Å². The van der Waals surface area contributed by atoms with E-state index in [9.17, 15) is 17.8 Å². The summed E-state index contributed by atoms with van der Waals surface area (Å²) in [6, 6.07) is 25.3. The van der Waals surface area contributed by atoms with Gasteiger partial charge >= 0.3 is 0 Å². The Morgan fingerprint density at radius 3 is 2.30 bits per heavy atom. The minimum atomic E-state index is -4.02. The van der Waals surface area contributed by atoms with Crippen LogP contribution in [-0.4, -0.2) is 85.8 Å². The predicted molar refractivity (Wildman–Crippen MR) is 249 cm³/mol. The summed E-state index contributed by atoms with van der Waals surface area (Å²) in [6.07, 6.45) is 15.3. The SMILES string of the molecule is CCCCN1/C(=C/C=C2\CCCC(/C=C/C3=[N+](CCCCS(=O)(=O)O)c4ccccc4C3(C)C)=C2Nc2ccc(NC(=O)CN3CCOCC3)cc2)C(C)(C)c2ccccc21. The van der Waals surface area contributed by atoms with Gasteiger partial charge in [-0.3, -0.25) is 14.2 Å². The highest BCUT2D eigenvalue weighted by atomic mass is 32.2. The van der Waals surface area contributed by atoms with Gasteiger partial charge in [0, 0.05) is 77.6 Å². The number of nitrogens with zero attached hydrogens (tertiary/aromatic N) is 3. The number of benzene rings is 3. The van der Waals surface area contributed by atoms with Crippen LogP contribution in [0.4, 0.5) is 22.7 Å². The van der Waals surface area contributed by atoms with Crippen molar-refractivity contribution >= 4 is 44.5 Å². The molecule has 1 amide bonds. The number of allylic oxidation sites excluding steroid dienone is 7. The summed E-state index contributed by atoms with van der Waals surface area (Å²) in [5.74, 6) is -0.277. The van der Waals surface area contributed by atoms with Gasteiger partial charge in [-0.15, -0.1) is 0 Å². The summed E-state index contributed by atoms with van der Waals surface area (Å²) in [6.45, 7) is 16.2. The number of ether oxygens (including phenoxy) is 1. The summed E-state index contributed by atoms with van der Waals surface area (Å²) >= 11 is 0. The van der Waals surface area contributed by atoms with E-state index in [1.165, 1.54) is 33.7 Å². The number of unbranched alkanes of at least 4 members (excludes halogenated alkanes) is 2. The Morgan fingerprint density at radius 2 is 1.56 bits per heavy atom. The maximum Gasteiger partial charge on any atom is 0.264 e. The molecule has 3 aromatic carbocycles. The Labute approximate surface area is 363 Å². The number of carbonyl (C=O) groups is 1. The van der Waals surface area contributed by atoms with Crippen LogP contribution in [0.2, 0.25) is 0 Å². The Hall–Kier alpha value is -4.81. The monoisotopic (exact) mass is 846 g/mol. The van der Waals surface area contributed by atoms with Crippen molar-refractivity contribution in [3.8, 4) is 0 Å². The van der Waals surface area contributed by atoms with Crippen molar-refractivity contribution in [2.24, 2.45) is 0 Å². The second kappa shape index (κ2) is 19.1. The maximum absolute atomic E-state index is 12.9. The summed E-state index contributed by atoms with van der Waals surface area (Å²) in [7, 11) is -4.02. The molecule has 324 valence electrons. The van der Waals surface area contributed by atoms with Gasteiger partial charge in [-0.05, 0) is 99.1 Å². The second-order valence-corrected chi connectivity index (χ2v) is 19.4. The first-order chi connectivity index (χ1) is 29.3. The first-order valence-electron chi connectivity index (χ1n) is 22.1. The van der Waals surface area contributed by atoms with Crippen LogP contribution in [0.1, 0.15) is 90.7 Å². The molecule has 0 spiro atoms. The van der Waals surface area contributed by atoms with Gasteiger partial charge in [-0.25, -0.2) is 0 Å². The number of hydrogen-bond donors (Lipinski definition) is 3. The van der Waals surface area contributed by atoms with E-state index in [1.54, 1.807) is 0 Å². The van der Waals surface area contributed by atoms with E-state index in [-0.39, 0.29) is 22.5 Å². The van der Waals surface area contributed by atoms with E-state index in [4.69, 9.17) is 4.74 Å². The molecule has 0 saturated carbocycles. The topological polar surface area (TPSA) is 114 Å². The molecule has 61 heavy (non-hydrogen) atoms. The predicted octanol–water partition coefficient (Wildman–Crippen LogP) is 9.52. The molecule has 11 heteroatoms. The van der Waals surface area contributed by atoms with Crippen molar-refractivity contribution in [2.75, 3.05) is 67.2 Å². The first kappa shape index (κ1) is 44.3. The number of hydrogen-bond acceptors (Lipinski definition) is 7. The van der Waals surface area contributed by atoms with E-state index in [2.05, 4.69) is 132 Å². The Kier molecular flexibility index (Phi) is 13.8. The van der Waals surface area contributed by atoms with Gasteiger partial charge < -0.3 is 20.3 Å². The number of anilines is 3. The van der Waals surface area contributed by atoms with Gasteiger partial charge in [-0.2, -0.15) is 13.0 Å². The molecule has 0 atom stereocenters. The number of fused-ring (bicyclic) bond motifs is 2. The molecule has 3 heterocycles. The quantitative estimate of drug-likeness (QED) is 0.0743. The minimum Gasteiger partial charge on any atom is -0.379 e. The van der Waals surface area contributed by atoms with Crippen molar-refractivity contribution in [1.82, 2.24) is 4.90 Å². The molecule has 3 aromatic rings. The Balaban J connectivity index is 1.24. The number of amides is 1. The highest BCUT2D eigenvalue weighted by Crippen LogP contribution is 2.48. The molecule has 10 nitrogen and oxygen atoms in total. The number of morpholine rings is 1. The van der Waals surface area contributed by atoms with Crippen LogP contribution in [0, 0.1) is 0 Å². The number of nitrogens with one attached hydrogen (secondary N) is 2. The molecule has 1 saturated heterocycles. The average molecular weight is 847 g/mol. The lowest BCUT2D eigenvalue weighted by molar-refractivity contribution is -0.438. The second-order valence-electron chi connectivity index (χ2n) is 17.8. The van der Waals surface area contributed by atoms with Crippen LogP contribution in [0.5, 0.6) is 0 Å². The highest BCUT2D eigenvalue weighted by Gasteiger charge is 2.44. The van der Waals surface area contributed by atoms with E-state index in [1.807, 2.05) is 24.3 Å². The average Bonchev–Trinajstić information content (AvgIpc) is 3.59. The standard InChI is InChI=1S/C50H63N5O5S/c1-6-7-29-54-43-19-10-8-17-41(43)49(2,3)45(54)27-21-37-15-14-16-38(48(37)52-40-25-23-39(24-26-40)51-47(56)36-53-31-33-60-34-32-53)22-28-46-50(4,5)42-18-9-11-20-44(42)55(46)30-12-13-35-61(57,58)59/h8-11,17-28H,6-7,12-16,29-36H2,1-5H3,(H2,51,56,57,58,59)/p+1/b37-21+,45-27+. The lowest BCUT2D eigenvalue weighted by Crippen LogP contribution is -2.41. The molecule has 0 aromatic heterocycles. The Morgan fingerprint density at radius 1 is 0.852 bits per heavy atom. The molecular weight excluding hydrogens is 783 g/mol. The van der Waals surface area contributed by atoms with Crippen molar-refractivity contribution in [2.45, 2.75) is 90.4 Å². The normalized spacial score (nSPS) is 20.2. The molecule has 0 unspecified atom stereocenters. The van der Waals surface area contributed by atoms with E-state index in [0.29, 0.717) is 39.1 Å². The van der Waals surface area contributed by atoms with Crippen molar-refractivity contribution < 1.29 is 27.1 Å². The zero-order chi connectivity index (χ0) is 43.2. The minimum absolute atomic E-state index is 0.0322. The Bertz CT molecular complexity index is 2350. The highest BCUT2D eigenvalue weighted by molar-refractivity contribution is 7.85. The van der Waals surface area contributed by atoms with Gasteiger partial charge in [-0.1, -0.05) is 75.7 Å². The molecule has 3 aliphatic heterocycles. The van der Waals surface area contributed by atoms with Gasteiger partial charge in [0.25, 0.3) is 10.1 Å². The van der Waals surface area contributed by atoms with Crippen molar-refractivity contribution in [1.29, 1.82) is 0 Å². The first-order valence-corrected chi connectivity index (χ1v) is 23.7. The van der Waals surface area contributed by atoms with Gasteiger partial charge in [0.15, 0.2) is 5.71 Å². The van der Waals surface area contributed by atoms with Crippen LogP contribution >= 0.6 is 0 Å². The van der Waals surface area contributed by atoms with Gasteiger partial charge in [0.1, 0.15) is 6.54 Å². The zero-order valence-electron chi connectivity index (χ0n) is 36.7. The molecule has 4 aliphatic rings. The summed E-state index contributed by atoms with van der Waals surface area (Å²) in [5, 5.41) is 6.92. The summed E-state index contributed by atoms with van der Waals surface area (Å²) in [5.41, 5.74) is 12.3. The van der Waals surface area contributed by atoms with Crippen molar-refractivity contribution in [3.63, 3.8) is 0 Å². The van der Waals surface area contributed by atoms with Crippen LogP contribution in [0.15, 0.2) is 120 Å². The fraction of sp³-hybridized carbons (Fsp3) is 0.440. The van der Waals surface area contributed by atoms with E-state index < -0.39 is 10.1 Å². The van der Waals surface area contributed by atoms with Crippen molar-refractivity contribution in [3.05, 3.63) is 131 Å². The van der Waals surface area contributed by atoms with Crippen LogP contribution in [0.25, 0.3) is 0 Å². The van der Waals surface area contributed by atoms with E-state index >= 15 is 0 Å². The summed E-state index contributed by atoms with van der Waals surface area (Å²) < 4.78 is 40.2. The molecular formula is C50H64N5O5S+. The van der Waals surface area contributed by atoms with E-state index in [0.717, 1.165) is 80.2 Å². The van der Waals surface area contributed by atoms with Crippen LogP contribution in [0.3, 0.4) is 0 Å². The molecule has 7 rings (SSSR count). The molecule has 1 aliphatic carbocycles. The lowest BCUT2D eigenvalue weighted by atomic mass is 9.81. The number of carbonyl (C=O) groups excluding carboxylic acids is 1. The smallest absolute Gasteiger partial charge is 0.264 e. The molecule has 3 N–H and O–H groups in total. The molecule has 0 bridgehead atoms. The summed E-state index contributed by atoms with van der Waals surface area (Å²) in [4.78, 5) is 17.5. The number of para-hydroxylation sites is 2. The molecule has 1 fully saturated rings. The van der Waals surface area contributed by atoms with Crippen LogP contribution in [-0.2, 0) is 30.5 Å². The third-order valence-electron chi connectivity index (χ3n) is 12.7. The third-order valence-corrected chi connectivity index (χ3v) is 13.5. The fourth-order valence-corrected chi connectivity index (χ4v) is 9.93.